The van der Waals surface area contributed by atoms with Gasteiger partial charge in [0.05, 0.1) is 0 Å². The molecule has 0 saturated carbocycles. The Morgan fingerprint density at radius 3 is 2.13 bits per heavy atom. The van der Waals surface area contributed by atoms with Crippen LogP contribution in [-0.4, -0.2) is 35.0 Å². The van der Waals surface area contributed by atoms with Crippen LogP contribution in [0.25, 0.3) is 0 Å². The molecule has 1 aromatic carbocycles. The summed E-state index contributed by atoms with van der Waals surface area (Å²) >= 11 is 0. The fourth-order valence-corrected chi connectivity index (χ4v) is 2.07. The molecule has 1 aromatic rings. The van der Waals surface area contributed by atoms with Gasteiger partial charge in [0.25, 0.3) is 0 Å². The maximum Gasteiger partial charge on any atom is 0.326 e. The zero-order valence-corrected chi connectivity index (χ0v) is 13.3. The summed E-state index contributed by atoms with van der Waals surface area (Å²) in [4.78, 5) is 34.7. The highest BCUT2D eigenvalue weighted by Gasteiger charge is 2.28. The lowest BCUT2D eigenvalue weighted by atomic mass is 10.0. The number of hydrogen-bond donors (Lipinski definition) is 3. The van der Waals surface area contributed by atoms with Gasteiger partial charge in [-0.1, -0.05) is 26.0 Å². The molecule has 2 amide bonds. The highest BCUT2D eigenvalue weighted by atomic mass is 19.1. The fraction of sp³-hybridized carbons (Fsp3) is 0.438. The second-order valence-electron chi connectivity index (χ2n) is 5.65. The summed E-state index contributed by atoms with van der Waals surface area (Å²) in [5, 5.41) is 14.2. The number of carboxylic acid groups (broad SMARTS) is 1. The van der Waals surface area contributed by atoms with Crippen molar-refractivity contribution in [3.05, 3.63) is 35.6 Å². The van der Waals surface area contributed by atoms with Crippen LogP contribution in [0.3, 0.4) is 0 Å². The molecule has 0 heterocycles. The Morgan fingerprint density at radius 2 is 1.70 bits per heavy atom. The van der Waals surface area contributed by atoms with E-state index in [1.54, 1.807) is 13.8 Å². The predicted octanol–water partition coefficient (Wildman–Crippen LogP) is 1.10. The summed E-state index contributed by atoms with van der Waals surface area (Å²) < 4.78 is 12.9. The topological polar surface area (TPSA) is 95.5 Å². The van der Waals surface area contributed by atoms with Crippen molar-refractivity contribution < 1.29 is 23.9 Å². The van der Waals surface area contributed by atoms with Crippen molar-refractivity contribution in [2.75, 3.05) is 0 Å². The SMILES string of the molecule is CC(=O)N[C@@H](C(=O)N[C@@H](Cc1ccc(F)cc1)C(=O)O)C(C)C. The van der Waals surface area contributed by atoms with Crippen molar-refractivity contribution in [2.24, 2.45) is 5.92 Å². The smallest absolute Gasteiger partial charge is 0.326 e. The summed E-state index contributed by atoms with van der Waals surface area (Å²) in [7, 11) is 0. The summed E-state index contributed by atoms with van der Waals surface area (Å²) in [5.41, 5.74) is 0.583. The third kappa shape index (κ3) is 6.06. The van der Waals surface area contributed by atoms with Gasteiger partial charge in [-0.15, -0.1) is 0 Å². The van der Waals surface area contributed by atoms with Crippen molar-refractivity contribution in [1.29, 1.82) is 0 Å². The summed E-state index contributed by atoms with van der Waals surface area (Å²) in [6, 6.07) is 3.40. The number of rotatable bonds is 7. The van der Waals surface area contributed by atoms with Crippen LogP contribution in [0.15, 0.2) is 24.3 Å². The zero-order valence-electron chi connectivity index (χ0n) is 13.3. The number of nitrogens with one attached hydrogen (secondary N) is 2. The predicted molar refractivity (Wildman–Crippen MR) is 82.1 cm³/mol. The average Bonchev–Trinajstić information content (AvgIpc) is 2.45. The van der Waals surface area contributed by atoms with Gasteiger partial charge in [-0.2, -0.15) is 0 Å². The van der Waals surface area contributed by atoms with Crippen LogP contribution in [0.2, 0.25) is 0 Å². The van der Waals surface area contributed by atoms with E-state index in [-0.39, 0.29) is 18.2 Å². The molecule has 0 radical (unpaired) electrons. The molecule has 0 aliphatic carbocycles. The molecule has 0 fully saturated rings. The van der Waals surface area contributed by atoms with E-state index < -0.39 is 29.8 Å². The Balaban J connectivity index is 2.81. The third-order valence-electron chi connectivity index (χ3n) is 3.28. The minimum Gasteiger partial charge on any atom is -0.480 e. The Bertz CT molecular complexity index is 572. The van der Waals surface area contributed by atoms with Crippen LogP contribution in [0.4, 0.5) is 4.39 Å². The quantitative estimate of drug-likeness (QED) is 0.700. The zero-order chi connectivity index (χ0) is 17.6. The van der Waals surface area contributed by atoms with E-state index in [2.05, 4.69) is 10.6 Å². The summed E-state index contributed by atoms with van der Waals surface area (Å²) in [5.74, 6) is -2.75. The molecule has 0 unspecified atom stereocenters. The molecular weight excluding hydrogens is 303 g/mol. The van der Waals surface area contributed by atoms with E-state index >= 15 is 0 Å². The van der Waals surface area contributed by atoms with Crippen molar-refractivity contribution >= 4 is 17.8 Å². The maximum atomic E-state index is 12.9. The van der Waals surface area contributed by atoms with Crippen LogP contribution < -0.4 is 10.6 Å². The molecule has 1 rings (SSSR count). The molecule has 6 nitrogen and oxygen atoms in total. The van der Waals surface area contributed by atoms with Crippen molar-refractivity contribution in [2.45, 2.75) is 39.3 Å². The average molecular weight is 324 g/mol. The lowest BCUT2D eigenvalue weighted by Crippen LogP contribution is -2.53. The van der Waals surface area contributed by atoms with E-state index in [4.69, 9.17) is 0 Å². The Labute approximate surface area is 134 Å². The highest BCUT2D eigenvalue weighted by Crippen LogP contribution is 2.08. The maximum absolute atomic E-state index is 12.9. The summed E-state index contributed by atoms with van der Waals surface area (Å²) in [6.45, 7) is 4.78. The Morgan fingerprint density at radius 1 is 1.13 bits per heavy atom. The Kier molecular flexibility index (Phi) is 6.68. The van der Waals surface area contributed by atoms with Gasteiger partial charge in [0, 0.05) is 13.3 Å². The Hall–Kier alpha value is -2.44. The standard InChI is InChI=1S/C16H21FN2O4/c1-9(2)14(18-10(3)20)15(21)19-13(16(22)23)8-11-4-6-12(17)7-5-11/h4-7,9,13-14H,8H2,1-3H3,(H,18,20)(H,19,21)(H,22,23)/t13-,14+/m0/s1. The van der Waals surface area contributed by atoms with Crippen LogP contribution in [0.1, 0.15) is 26.3 Å². The number of aliphatic carboxylic acids is 1. The van der Waals surface area contributed by atoms with Crippen molar-refractivity contribution in [1.82, 2.24) is 10.6 Å². The van der Waals surface area contributed by atoms with Gasteiger partial charge in [0.15, 0.2) is 0 Å². The van der Waals surface area contributed by atoms with Gasteiger partial charge in [-0.3, -0.25) is 9.59 Å². The van der Waals surface area contributed by atoms with E-state index in [0.717, 1.165) is 0 Å². The largest absolute Gasteiger partial charge is 0.480 e. The first kappa shape index (κ1) is 18.6. The number of carbonyl (C=O) groups is 3. The second kappa shape index (κ2) is 8.26. The number of carbonyl (C=O) groups excluding carboxylic acids is 2. The number of halogens is 1. The van der Waals surface area contributed by atoms with Gasteiger partial charge in [-0.05, 0) is 23.6 Å². The molecule has 3 N–H and O–H groups in total. The summed E-state index contributed by atoms with van der Waals surface area (Å²) in [6.07, 6.45) is 0.0201. The molecular formula is C16H21FN2O4. The fourth-order valence-electron chi connectivity index (χ4n) is 2.07. The molecule has 0 bridgehead atoms. The van der Waals surface area contributed by atoms with E-state index in [1.807, 2.05) is 0 Å². The number of hydrogen-bond acceptors (Lipinski definition) is 3. The van der Waals surface area contributed by atoms with Gasteiger partial charge in [0.2, 0.25) is 11.8 Å². The molecule has 0 saturated heterocycles. The van der Waals surface area contributed by atoms with Crippen molar-refractivity contribution in [3.8, 4) is 0 Å². The lowest BCUT2D eigenvalue weighted by molar-refractivity contribution is -0.142. The minimum absolute atomic E-state index is 0.0201. The molecule has 7 heteroatoms. The van der Waals surface area contributed by atoms with Crippen LogP contribution in [-0.2, 0) is 20.8 Å². The monoisotopic (exact) mass is 324 g/mol. The van der Waals surface area contributed by atoms with Crippen LogP contribution >= 0.6 is 0 Å². The first-order valence-electron chi connectivity index (χ1n) is 7.25. The second-order valence-corrected chi connectivity index (χ2v) is 5.65. The van der Waals surface area contributed by atoms with Crippen LogP contribution in [0.5, 0.6) is 0 Å². The third-order valence-corrected chi connectivity index (χ3v) is 3.28. The molecule has 0 aliphatic rings. The van der Waals surface area contributed by atoms with E-state index in [9.17, 15) is 23.9 Å². The van der Waals surface area contributed by atoms with E-state index in [1.165, 1.54) is 31.2 Å². The highest BCUT2D eigenvalue weighted by molar-refractivity contribution is 5.90. The molecule has 126 valence electrons. The molecule has 0 aliphatic heterocycles. The van der Waals surface area contributed by atoms with Gasteiger partial charge in [0.1, 0.15) is 17.9 Å². The van der Waals surface area contributed by atoms with E-state index in [0.29, 0.717) is 5.56 Å². The lowest BCUT2D eigenvalue weighted by Gasteiger charge is -2.23. The molecule has 0 aromatic heterocycles. The van der Waals surface area contributed by atoms with Crippen LogP contribution in [0, 0.1) is 11.7 Å². The van der Waals surface area contributed by atoms with Gasteiger partial charge >= 0.3 is 5.97 Å². The molecule has 0 spiro atoms. The number of benzene rings is 1. The molecule has 23 heavy (non-hydrogen) atoms. The normalized spacial score (nSPS) is 13.3. The minimum atomic E-state index is -1.20. The van der Waals surface area contributed by atoms with Gasteiger partial charge < -0.3 is 15.7 Å². The van der Waals surface area contributed by atoms with Crippen molar-refractivity contribution in [3.63, 3.8) is 0 Å². The molecule has 2 atom stereocenters. The first-order valence-corrected chi connectivity index (χ1v) is 7.25. The first-order chi connectivity index (χ1) is 10.7. The number of amides is 2. The van der Waals surface area contributed by atoms with Gasteiger partial charge in [-0.25, -0.2) is 9.18 Å². The number of carboxylic acids is 1.